The summed E-state index contributed by atoms with van der Waals surface area (Å²) < 4.78 is 19.2. The average Bonchev–Trinajstić information content (AvgIpc) is 3.63. The molecule has 0 unspecified atom stereocenters. The fraction of sp³-hybridized carbons (Fsp3) is 0.231. The Kier molecular flexibility index (Phi) is 6.50. The van der Waals surface area contributed by atoms with E-state index in [2.05, 4.69) is 0 Å². The number of rotatable bonds is 9. The molecule has 1 aliphatic carbocycles. The van der Waals surface area contributed by atoms with Gasteiger partial charge in [-0.25, -0.2) is 4.39 Å². The van der Waals surface area contributed by atoms with Crippen molar-refractivity contribution in [2.75, 3.05) is 0 Å². The first-order valence-electron chi connectivity index (χ1n) is 10.6. The summed E-state index contributed by atoms with van der Waals surface area (Å²) in [5.74, 6) is -0.686. The number of amides is 1. The molecule has 1 saturated carbocycles. The highest BCUT2D eigenvalue weighted by molar-refractivity contribution is 5.94. The minimum Gasteiger partial charge on any atom is -0.489 e. The molecule has 1 amide bonds. The van der Waals surface area contributed by atoms with E-state index in [1.165, 1.54) is 24.3 Å². The van der Waals surface area contributed by atoms with Gasteiger partial charge in [-0.2, -0.15) is 0 Å². The van der Waals surface area contributed by atoms with Crippen molar-refractivity contribution in [2.24, 2.45) is 0 Å². The minimum atomic E-state index is -0.872. The molecule has 4 rings (SSSR count). The number of carboxylic acids is 1. The Labute approximate surface area is 186 Å². The predicted molar refractivity (Wildman–Crippen MR) is 118 cm³/mol. The first-order chi connectivity index (χ1) is 15.5. The highest BCUT2D eigenvalue weighted by Crippen LogP contribution is 2.30. The Balaban J connectivity index is 1.45. The number of carbonyl (C=O) groups is 2. The molecule has 6 heteroatoms. The molecule has 164 valence electrons. The van der Waals surface area contributed by atoms with Gasteiger partial charge in [-0.3, -0.25) is 9.59 Å². The van der Waals surface area contributed by atoms with Gasteiger partial charge >= 0.3 is 5.97 Å². The molecule has 0 saturated heterocycles. The zero-order chi connectivity index (χ0) is 22.5. The van der Waals surface area contributed by atoms with Crippen LogP contribution in [0.5, 0.6) is 5.75 Å². The molecule has 0 bridgehead atoms. The number of benzene rings is 3. The van der Waals surface area contributed by atoms with Gasteiger partial charge in [0, 0.05) is 18.2 Å². The molecule has 0 radical (unpaired) electrons. The van der Waals surface area contributed by atoms with Gasteiger partial charge in [-0.15, -0.1) is 0 Å². The van der Waals surface area contributed by atoms with Crippen LogP contribution < -0.4 is 4.74 Å². The average molecular weight is 433 g/mol. The van der Waals surface area contributed by atoms with Crippen LogP contribution in [0.2, 0.25) is 0 Å². The molecule has 1 fully saturated rings. The molecule has 0 aromatic heterocycles. The Hall–Kier alpha value is -3.67. The lowest BCUT2D eigenvalue weighted by molar-refractivity contribution is -0.136. The third-order valence-corrected chi connectivity index (χ3v) is 5.47. The molecular weight excluding hydrogens is 409 g/mol. The van der Waals surface area contributed by atoms with Crippen molar-refractivity contribution in [3.05, 3.63) is 101 Å². The summed E-state index contributed by atoms with van der Waals surface area (Å²) in [4.78, 5) is 25.7. The molecular formula is C26H24FNO4. The second-order valence-corrected chi connectivity index (χ2v) is 7.94. The van der Waals surface area contributed by atoms with E-state index in [-0.39, 0.29) is 24.2 Å². The molecule has 3 aromatic rings. The van der Waals surface area contributed by atoms with Crippen molar-refractivity contribution in [3.8, 4) is 5.75 Å². The Morgan fingerprint density at radius 2 is 1.59 bits per heavy atom. The summed E-state index contributed by atoms with van der Waals surface area (Å²) in [5, 5.41) is 8.88. The zero-order valence-corrected chi connectivity index (χ0v) is 17.5. The molecule has 0 heterocycles. The van der Waals surface area contributed by atoms with Crippen molar-refractivity contribution in [3.63, 3.8) is 0 Å². The monoisotopic (exact) mass is 433 g/mol. The number of carboxylic acid groups (broad SMARTS) is 1. The second-order valence-electron chi connectivity index (χ2n) is 7.94. The van der Waals surface area contributed by atoms with E-state index in [1.807, 2.05) is 29.2 Å². The van der Waals surface area contributed by atoms with Crippen LogP contribution in [0.1, 0.15) is 39.9 Å². The summed E-state index contributed by atoms with van der Waals surface area (Å²) in [7, 11) is 0. The van der Waals surface area contributed by atoms with Gasteiger partial charge in [0.25, 0.3) is 5.91 Å². The topological polar surface area (TPSA) is 66.8 Å². The smallest absolute Gasteiger partial charge is 0.307 e. The maximum atomic E-state index is 13.3. The normalized spacial score (nSPS) is 12.9. The maximum absolute atomic E-state index is 13.3. The molecule has 3 aromatic carbocycles. The van der Waals surface area contributed by atoms with Crippen molar-refractivity contribution < 1.29 is 23.8 Å². The number of hydrogen-bond donors (Lipinski definition) is 1. The van der Waals surface area contributed by atoms with Gasteiger partial charge in [0.1, 0.15) is 18.2 Å². The van der Waals surface area contributed by atoms with E-state index in [0.29, 0.717) is 30.0 Å². The first kappa shape index (κ1) is 21.6. The predicted octanol–water partition coefficient (Wildman–Crippen LogP) is 4.84. The summed E-state index contributed by atoms with van der Waals surface area (Å²) in [6.45, 7) is 0.787. The number of halogens is 1. The summed E-state index contributed by atoms with van der Waals surface area (Å²) in [5.41, 5.74) is 3.16. The molecule has 32 heavy (non-hydrogen) atoms. The van der Waals surface area contributed by atoms with Crippen LogP contribution in [0, 0.1) is 5.82 Å². The van der Waals surface area contributed by atoms with Gasteiger partial charge in [0.05, 0.1) is 6.42 Å². The maximum Gasteiger partial charge on any atom is 0.307 e. The fourth-order valence-corrected chi connectivity index (χ4v) is 3.59. The van der Waals surface area contributed by atoms with Gasteiger partial charge < -0.3 is 14.7 Å². The largest absolute Gasteiger partial charge is 0.489 e. The zero-order valence-electron chi connectivity index (χ0n) is 17.5. The molecule has 0 atom stereocenters. The number of ether oxygens (including phenoxy) is 1. The number of hydrogen-bond acceptors (Lipinski definition) is 3. The van der Waals surface area contributed by atoms with Crippen LogP contribution in [0.25, 0.3) is 0 Å². The lowest BCUT2D eigenvalue weighted by atomic mass is 10.1. The van der Waals surface area contributed by atoms with Crippen molar-refractivity contribution in [1.29, 1.82) is 0 Å². The summed E-state index contributed by atoms with van der Waals surface area (Å²) in [6.07, 6.45) is 1.91. The van der Waals surface area contributed by atoms with Crippen molar-refractivity contribution in [1.82, 2.24) is 4.90 Å². The van der Waals surface area contributed by atoms with Crippen molar-refractivity contribution >= 4 is 11.9 Å². The van der Waals surface area contributed by atoms with Gasteiger partial charge in [-0.05, 0) is 65.9 Å². The van der Waals surface area contributed by atoms with Gasteiger partial charge in [0.2, 0.25) is 0 Å². The highest BCUT2D eigenvalue weighted by atomic mass is 19.1. The fourth-order valence-electron chi connectivity index (χ4n) is 3.59. The van der Waals surface area contributed by atoms with E-state index < -0.39 is 5.97 Å². The third kappa shape index (κ3) is 5.52. The third-order valence-electron chi connectivity index (χ3n) is 5.47. The van der Waals surface area contributed by atoms with Gasteiger partial charge in [-0.1, -0.05) is 36.4 Å². The van der Waals surface area contributed by atoms with E-state index in [1.54, 1.807) is 24.3 Å². The lowest BCUT2D eigenvalue weighted by Crippen LogP contribution is -2.33. The van der Waals surface area contributed by atoms with E-state index in [4.69, 9.17) is 9.84 Å². The van der Waals surface area contributed by atoms with Crippen molar-refractivity contribution in [2.45, 2.75) is 38.5 Å². The quantitative estimate of drug-likeness (QED) is 0.525. The number of carbonyl (C=O) groups excluding carboxylic acids is 1. The SMILES string of the molecule is O=C(O)Cc1ccc(OCc2ccccc2CN(C(=O)c2ccc(F)cc2)C2CC2)cc1. The van der Waals surface area contributed by atoms with Crippen LogP contribution in [-0.4, -0.2) is 27.9 Å². The van der Waals surface area contributed by atoms with Gasteiger partial charge in [0.15, 0.2) is 0 Å². The van der Waals surface area contributed by atoms with Crippen LogP contribution in [0.3, 0.4) is 0 Å². The van der Waals surface area contributed by atoms with Crippen LogP contribution in [0.4, 0.5) is 4.39 Å². The number of nitrogens with zero attached hydrogens (tertiary/aromatic N) is 1. The molecule has 0 aliphatic heterocycles. The van der Waals surface area contributed by atoms with Crippen LogP contribution in [-0.2, 0) is 24.4 Å². The molecule has 1 N–H and O–H groups in total. The van der Waals surface area contributed by atoms with E-state index in [9.17, 15) is 14.0 Å². The van der Waals surface area contributed by atoms with E-state index in [0.717, 1.165) is 24.0 Å². The van der Waals surface area contributed by atoms with Crippen LogP contribution >= 0.6 is 0 Å². The Morgan fingerprint density at radius 1 is 0.938 bits per heavy atom. The first-order valence-corrected chi connectivity index (χ1v) is 10.6. The Bertz CT molecular complexity index is 1090. The lowest BCUT2D eigenvalue weighted by Gasteiger charge is -2.24. The standard InChI is InChI=1S/C26H24FNO4/c27-22-9-7-19(8-10-22)26(31)28(23-11-12-23)16-20-3-1-2-4-21(20)17-32-24-13-5-18(6-14-24)15-25(29)30/h1-10,13-14,23H,11-12,15-17H2,(H,29,30). The summed E-state index contributed by atoms with van der Waals surface area (Å²) in [6, 6.07) is 20.7. The second kappa shape index (κ2) is 9.64. The minimum absolute atomic E-state index is 0.0256. The molecule has 1 aliphatic rings. The highest BCUT2D eigenvalue weighted by Gasteiger charge is 2.33. The van der Waals surface area contributed by atoms with Crippen LogP contribution in [0.15, 0.2) is 72.8 Å². The Morgan fingerprint density at radius 3 is 2.22 bits per heavy atom. The van der Waals surface area contributed by atoms with E-state index >= 15 is 0 Å². The summed E-state index contributed by atoms with van der Waals surface area (Å²) >= 11 is 0. The molecule has 5 nitrogen and oxygen atoms in total. The number of aliphatic carboxylic acids is 1. The molecule has 0 spiro atoms.